The summed E-state index contributed by atoms with van der Waals surface area (Å²) in [4.78, 5) is 4.87. The molecule has 0 radical (unpaired) electrons. The molecule has 11 heteroatoms. The maximum atomic E-state index is 12.5. The molecule has 1 aliphatic heterocycles. The molecule has 50 heavy (non-hydrogen) atoms. The Morgan fingerprint density at radius 3 is 2.02 bits per heavy atom. The van der Waals surface area contributed by atoms with Gasteiger partial charge in [-0.15, -0.1) is 0 Å². The van der Waals surface area contributed by atoms with Crippen molar-refractivity contribution in [3.8, 4) is 6.07 Å². The van der Waals surface area contributed by atoms with Crippen molar-refractivity contribution in [2.45, 2.75) is 66.2 Å². The van der Waals surface area contributed by atoms with Crippen LogP contribution >= 0.6 is 41.8 Å². The number of aliphatic imine (C=N–C) groups is 1. The van der Waals surface area contributed by atoms with E-state index >= 15 is 0 Å². The minimum absolute atomic E-state index is 0. The van der Waals surface area contributed by atoms with Gasteiger partial charge in [-0.05, 0) is 68.1 Å². The maximum absolute atomic E-state index is 12.5. The van der Waals surface area contributed by atoms with Gasteiger partial charge in [0.2, 0.25) is 0 Å². The fourth-order valence-corrected chi connectivity index (χ4v) is 6.41. The average molecular weight is 871 g/mol. The Labute approximate surface area is 345 Å². The first-order chi connectivity index (χ1) is 21.8. The second kappa shape index (κ2) is 22.9. The van der Waals surface area contributed by atoms with Gasteiger partial charge in [-0.1, -0.05) is 120 Å². The van der Waals surface area contributed by atoms with Gasteiger partial charge in [0, 0.05) is 25.6 Å². The second-order valence-corrected chi connectivity index (χ2v) is 15.8. The molecule has 0 spiro atoms. The van der Waals surface area contributed by atoms with Gasteiger partial charge in [-0.3, -0.25) is 4.99 Å². The molecular weight excluding hydrogens is 823 g/mol. The predicted molar refractivity (Wildman–Crippen MR) is 225 cm³/mol. The molecule has 5 rings (SSSR count). The minimum Gasteiger partial charge on any atom is -1.00 e. The van der Waals surface area contributed by atoms with Crippen molar-refractivity contribution >= 4 is 87.3 Å². The Balaban J connectivity index is 0. The SMILES string of the molecule is C.CC(C)(C)S(=O)N=C(c1cccc(Br)c1)c1ccccc1C#N.CC(C)C1(c2cccc(Br)c2)N=C(N)c2ccccc21.C[CH-]C.P.[Cl-].[Mg+2]. The molecule has 264 valence electrons. The molecule has 4 aromatic carbocycles. The zero-order valence-electron chi connectivity index (χ0n) is 29.2. The van der Waals surface area contributed by atoms with Crippen molar-refractivity contribution in [3.63, 3.8) is 0 Å². The number of hydrogen-bond acceptors (Lipinski definition) is 4. The van der Waals surface area contributed by atoms with Crippen LogP contribution in [-0.4, -0.2) is 43.6 Å². The number of rotatable bonds is 5. The third-order valence-electron chi connectivity index (χ3n) is 7.11. The Morgan fingerprint density at radius 1 is 0.940 bits per heavy atom. The molecule has 3 unspecified atom stereocenters. The monoisotopic (exact) mass is 868 g/mol. The first-order valence-electron chi connectivity index (χ1n) is 15.0. The minimum atomic E-state index is -1.42. The van der Waals surface area contributed by atoms with Crippen LogP contribution in [0, 0.1) is 23.7 Å². The molecule has 3 atom stereocenters. The van der Waals surface area contributed by atoms with Crippen LogP contribution in [0.1, 0.15) is 89.3 Å². The van der Waals surface area contributed by atoms with Crippen LogP contribution < -0.4 is 18.1 Å². The van der Waals surface area contributed by atoms with Gasteiger partial charge < -0.3 is 24.6 Å². The van der Waals surface area contributed by atoms with E-state index in [1.807, 2.05) is 89.6 Å². The van der Waals surface area contributed by atoms with Crippen molar-refractivity contribution in [2.75, 3.05) is 0 Å². The Morgan fingerprint density at radius 2 is 1.48 bits per heavy atom. The van der Waals surface area contributed by atoms with Gasteiger partial charge in [0.15, 0.2) is 0 Å². The molecule has 0 saturated carbocycles. The van der Waals surface area contributed by atoms with E-state index in [-0.39, 0.29) is 58.3 Å². The second-order valence-electron chi connectivity index (χ2n) is 12.0. The quantitative estimate of drug-likeness (QED) is 0.0994. The van der Waals surface area contributed by atoms with Crippen LogP contribution in [0.15, 0.2) is 115 Å². The number of halogens is 3. The largest absolute Gasteiger partial charge is 2.00 e. The molecule has 0 aliphatic carbocycles. The van der Waals surface area contributed by atoms with Gasteiger partial charge in [-0.2, -0.15) is 33.4 Å². The number of nitriles is 1. The molecule has 2 N–H and O–H groups in total. The van der Waals surface area contributed by atoms with Crippen molar-refractivity contribution in [2.24, 2.45) is 21.0 Å². The zero-order valence-corrected chi connectivity index (χ0v) is 36.7. The topological polar surface area (TPSA) is 91.6 Å². The van der Waals surface area contributed by atoms with Crippen LogP contribution in [-0.2, 0) is 16.5 Å². The molecule has 4 aromatic rings. The van der Waals surface area contributed by atoms with E-state index in [1.165, 1.54) is 11.1 Å². The van der Waals surface area contributed by atoms with E-state index in [4.69, 9.17) is 10.7 Å². The van der Waals surface area contributed by atoms with Crippen molar-refractivity contribution in [1.82, 2.24) is 0 Å². The van der Waals surface area contributed by atoms with Gasteiger partial charge in [0.1, 0.15) is 22.4 Å². The van der Waals surface area contributed by atoms with Crippen molar-refractivity contribution in [3.05, 3.63) is 146 Å². The summed E-state index contributed by atoms with van der Waals surface area (Å²) < 4.78 is 18.5. The van der Waals surface area contributed by atoms with Crippen molar-refractivity contribution in [1.29, 1.82) is 5.26 Å². The van der Waals surface area contributed by atoms with E-state index in [9.17, 15) is 9.47 Å². The number of hydrogen-bond donors (Lipinski definition) is 1. The van der Waals surface area contributed by atoms with Crippen LogP contribution in [0.5, 0.6) is 0 Å². The summed E-state index contributed by atoms with van der Waals surface area (Å²) in [5.74, 6) is 0.952. The number of amidine groups is 1. The number of benzene rings is 4. The van der Waals surface area contributed by atoms with E-state index in [2.05, 4.69) is 92.6 Å². The maximum Gasteiger partial charge on any atom is 2.00 e. The van der Waals surface area contributed by atoms with Gasteiger partial charge in [0.25, 0.3) is 0 Å². The number of nitrogens with zero attached hydrogens (tertiary/aromatic N) is 3. The molecule has 1 heterocycles. The average Bonchev–Trinajstić information content (AvgIpc) is 3.33. The molecule has 0 fully saturated rings. The van der Waals surface area contributed by atoms with E-state index < -0.39 is 15.7 Å². The molecule has 0 bridgehead atoms. The fourth-order valence-electron chi connectivity index (χ4n) is 4.97. The van der Waals surface area contributed by atoms with E-state index in [1.54, 1.807) is 12.1 Å². The molecule has 0 saturated heterocycles. The van der Waals surface area contributed by atoms with Gasteiger partial charge >= 0.3 is 23.1 Å². The summed E-state index contributed by atoms with van der Waals surface area (Å²) in [6, 6.07) is 33.6. The van der Waals surface area contributed by atoms with Gasteiger partial charge in [-0.25, -0.2) is 4.21 Å². The van der Waals surface area contributed by atoms with Crippen LogP contribution in [0.3, 0.4) is 0 Å². The summed E-state index contributed by atoms with van der Waals surface area (Å²) in [6.45, 7) is 14.0. The third kappa shape index (κ3) is 12.4. The molecule has 1 aliphatic rings. The van der Waals surface area contributed by atoms with Crippen LogP contribution in [0.25, 0.3) is 0 Å². The van der Waals surface area contributed by atoms with Crippen LogP contribution in [0.2, 0.25) is 0 Å². The number of nitrogens with two attached hydrogens (primary N) is 1. The Hall–Kier alpha value is -1.89. The zero-order chi connectivity index (χ0) is 34.1. The standard InChI is InChI=1S/C18H17BrN2OS.C17H17BrN2.C3H7.CH4.ClH.Mg.H3P/c1-18(2,3)23(22)21-17(13-8-6-9-15(19)11-13)16-10-5-4-7-14(16)12-20;1-11(2)17(12-6-5-7-13(18)10-12)15-9-4-3-8-14(15)16(19)20-17;1-3-2;;;;/h4-11H,1-3H3;3-11H,1-2H3,(H2,19,20);3H,1-2H3;1H4;1H;;1H3/q;;-1;;;+2;/p-1. The normalized spacial score (nSPS) is 14.9. The first-order valence-corrected chi connectivity index (χ1v) is 17.7. The summed E-state index contributed by atoms with van der Waals surface area (Å²) >= 11 is 7.01. The fraction of sp³-hybridized carbons (Fsp3) is 0.282. The third-order valence-corrected chi connectivity index (χ3v) is 9.49. The van der Waals surface area contributed by atoms with E-state index in [0.717, 1.165) is 20.1 Å². The number of fused-ring (bicyclic) bond motifs is 1. The molecular formula is C39H48Br2ClMgN4OPS. The first kappa shape index (κ1) is 50.2. The summed E-state index contributed by atoms with van der Waals surface area (Å²) in [5.41, 5.74) is 11.8. The Bertz CT molecular complexity index is 1810. The van der Waals surface area contributed by atoms with E-state index in [0.29, 0.717) is 28.6 Å². The van der Waals surface area contributed by atoms with Gasteiger partial charge in [0.05, 0.1) is 22.1 Å². The molecule has 0 amide bonds. The summed E-state index contributed by atoms with van der Waals surface area (Å²) in [6.07, 6.45) is 2.00. The molecule has 5 nitrogen and oxygen atoms in total. The van der Waals surface area contributed by atoms with Crippen LogP contribution in [0.4, 0.5) is 0 Å². The summed E-state index contributed by atoms with van der Waals surface area (Å²) in [5, 5.41) is 9.37. The molecule has 0 aromatic heterocycles. The van der Waals surface area contributed by atoms with Crippen molar-refractivity contribution < 1.29 is 16.6 Å². The Kier molecular flexibility index (Phi) is 23.0. The summed E-state index contributed by atoms with van der Waals surface area (Å²) in [7, 11) is -1.42. The predicted octanol–water partition coefficient (Wildman–Crippen LogP) is 7.24. The smallest absolute Gasteiger partial charge is 1.00 e.